The molecule has 0 bridgehead atoms. The number of benzene rings is 1. The van der Waals surface area contributed by atoms with Crippen LogP contribution in [0.25, 0.3) is 0 Å². The largest absolute Gasteiger partial charge is 0.523 e. The van der Waals surface area contributed by atoms with Crippen LogP contribution in [0.4, 0.5) is 4.79 Å². The summed E-state index contributed by atoms with van der Waals surface area (Å²) in [6.45, 7) is 0. The zero-order valence-electron chi connectivity index (χ0n) is 8.04. The Kier molecular flexibility index (Phi) is 3.68. The van der Waals surface area contributed by atoms with Crippen LogP contribution in [0.2, 0.25) is 0 Å². The topological polar surface area (TPSA) is 69.7 Å². The van der Waals surface area contributed by atoms with Gasteiger partial charge in [-0.05, 0) is 5.56 Å². The summed E-state index contributed by atoms with van der Waals surface area (Å²) in [6.07, 6.45) is -1.23. The molecule has 0 amide bonds. The zero-order valence-corrected chi connectivity index (χ0v) is 8.86. The van der Waals surface area contributed by atoms with Gasteiger partial charge < -0.3 is 8.92 Å². The van der Waals surface area contributed by atoms with Crippen molar-refractivity contribution in [3.8, 4) is 0 Å². The lowest BCUT2D eigenvalue weighted by atomic mass is 10.2. The third-order valence-corrected chi connectivity index (χ3v) is 2.62. The number of hydrogen-bond acceptors (Lipinski definition) is 5. The molecule has 5 nitrogen and oxygen atoms in total. The third kappa shape index (κ3) is 3.99. The third-order valence-electron chi connectivity index (χ3n) is 1.55. The lowest BCUT2D eigenvalue weighted by Gasteiger charge is -2.03. The maximum Gasteiger partial charge on any atom is 0.523 e. The van der Waals surface area contributed by atoms with Crippen LogP contribution in [0.3, 0.4) is 0 Å². The van der Waals surface area contributed by atoms with Gasteiger partial charge in [-0.3, -0.25) is 0 Å². The highest BCUT2D eigenvalue weighted by molar-refractivity contribution is 7.86. The predicted molar refractivity (Wildman–Crippen MR) is 52.6 cm³/mol. The first-order valence-corrected chi connectivity index (χ1v) is 5.65. The summed E-state index contributed by atoms with van der Waals surface area (Å²) in [4.78, 5) is 10.6. The second-order valence-corrected chi connectivity index (χ2v) is 4.30. The van der Waals surface area contributed by atoms with Gasteiger partial charge in [0, 0.05) is 0 Å². The van der Waals surface area contributed by atoms with Crippen molar-refractivity contribution in [2.75, 3.05) is 7.11 Å². The van der Waals surface area contributed by atoms with Gasteiger partial charge in [0.25, 0.3) is 0 Å². The van der Waals surface area contributed by atoms with E-state index in [0.29, 0.717) is 5.56 Å². The molecule has 0 aliphatic carbocycles. The molecule has 0 aliphatic heterocycles. The molecule has 0 aliphatic rings. The Labute approximate surface area is 87.7 Å². The highest BCUT2D eigenvalue weighted by atomic mass is 32.2. The molecule has 6 heteroatoms. The fraction of sp³-hybridized carbons (Fsp3) is 0.222. The van der Waals surface area contributed by atoms with Crippen LogP contribution >= 0.6 is 0 Å². The van der Waals surface area contributed by atoms with E-state index < -0.39 is 16.3 Å². The number of hydrogen-bond donors (Lipinski definition) is 0. The molecule has 1 rings (SSSR count). The van der Waals surface area contributed by atoms with Gasteiger partial charge in [0.2, 0.25) is 0 Å². The van der Waals surface area contributed by atoms with Gasteiger partial charge >= 0.3 is 16.3 Å². The summed E-state index contributed by atoms with van der Waals surface area (Å²) in [7, 11) is -2.88. The molecule has 0 atom stereocenters. The van der Waals surface area contributed by atoms with E-state index in [1.54, 1.807) is 30.3 Å². The first kappa shape index (κ1) is 11.5. The van der Waals surface area contributed by atoms with Crippen molar-refractivity contribution < 1.29 is 22.1 Å². The molecule has 1 aromatic rings. The standard InChI is InChI=1S/C9H10O5S/c1-13-9(10)14-15(11,12)7-8-5-3-2-4-6-8/h2-6H,7H2,1H3. The molecule has 0 spiro atoms. The number of carbonyl (C=O) groups is 1. The fourth-order valence-electron chi connectivity index (χ4n) is 0.946. The SMILES string of the molecule is COC(=O)OS(=O)(=O)Cc1ccccc1. The van der Waals surface area contributed by atoms with Gasteiger partial charge in [-0.2, -0.15) is 8.42 Å². The minimum absolute atomic E-state index is 0.358. The van der Waals surface area contributed by atoms with Crippen molar-refractivity contribution in [1.82, 2.24) is 0 Å². The van der Waals surface area contributed by atoms with E-state index in [2.05, 4.69) is 8.92 Å². The number of methoxy groups -OCH3 is 1. The molecule has 0 fully saturated rings. The highest BCUT2D eigenvalue weighted by Crippen LogP contribution is 2.07. The van der Waals surface area contributed by atoms with Crippen molar-refractivity contribution in [2.24, 2.45) is 0 Å². The van der Waals surface area contributed by atoms with Gasteiger partial charge in [0.05, 0.1) is 7.11 Å². The molecule has 0 unspecified atom stereocenters. The number of rotatable bonds is 3. The fourth-order valence-corrected chi connectivity index (χ4v) is 1.88. The predicted octanol–water partition coefficient (Wildman–Crippen LogP) is 1.30. The summed E-state index contributed by atoms with van der Waals surface area (Å²) >= 11 is 0. The Morgan fingerprint density at radius 3 is 2.40 bits per heavy atom. The van der Waals surface area contributed by atoms with Crippen molar-refractivity contribution >= 4 is 16.3 Å². The molecule has 15 heavy (non-hydrogen) atoms. The Morgan fingerprint density at radius 2 is 1.87 bits per heavy atom. The van der Waals surface area contributed by atoms with Crippen LogP contribution in [0.1, 0.15) is 5.56 Å². The number of carbonyl (C=O) groups excluding carboxylic acids is 1. The van der Waals surface area contributed by atoms with Gasteiger partial charge in [-0.15, -0.1) is 0 Å². The number of ether oxygens (including phenoxy) is 1. The van der Waals surface area contributed by atoms with Crippen molar-refractivity contribution in [2.45, 2.75) is 5.75 Å². The van der Waals surface area contributed by atoms with E-state index in [1.165, 1.54) is 0 Å². The Morgan fingerprint density at radius 1 is 1.27 bits per heavy atom. The summed E-state index contributed by atoms with van der Waals surface area (Å²) < 4.78 is 30.7. The first-order chi connectivity index (χ1) is 7.03. The van der Waals surface area contributed by atoms with E-state index in [9.17, 15) is 13.2 Å². The van der Waals surface area contributed by atoms with Crippen molar-refractivity contribution in [3.63, 3.8) is 0 Å². The molecule has 0 N–H and O–H groups in total. The molecule has 0 radical (unpaired) electrons. The van der Waals surface area contributed by atoms with Gasteiger partial charge in [0.15, 0.2) is 0 Å². The van der Waals surface area contributed by atoms with Crippen LogP contribution in [0, 0.1) is 0 Å². The van der Waals surface area contributed by atoms with Crippen LogP contribution in [0.5, 0.6) is 0 Å². The van der Waals surface area contributed by atoms with Crippen LogP contribution in [-0.4, -0.2) is 21.7 Å². The van der Waals surface area contributed by atoms with Crippen molar-refractivity contribution in [1.29, 1.82) is 0 Å². The second-order valence-electron chi connectivity index (χ2n) is 2.73. The van der Waals surface area contributed by atoms with E-state index in [0.717, 1.165) is 7.11 Å². The molecule has 0 saturated carbocycles. The average Bonchev–Trinajstić information content (AvgIpc) is 2.17. The average molecular weight is 230 g/mol. The molecule has 1 aromatic carbocycles. The summed E-state index contributed by atoms with van der Waals surface area (Å²) in [5.74, 6) is -0.358. The highest BCUT2D eigenvalue weighted by Gasteiger charge is 2.17. The van der Waals surface area contributed by atoms with Gasteiger partial charge in [0.1, 0.15) is 5.75 Å². The minimum atomic E-state index is -3.92. The quantitative estimate of drug-likeness (QED) is 0.578. The molecular weight excluding hydrogens is 220 g/mol. The molecule has 0 heterocycles. The van der Waals surface area contributed by atoms with Crippen molar-refractivity contribution in [3.05, 3.63) is 35.9 Å². The van der Waals surface area contributed by atoms with Crippen LogP contribution in [-0.2, 0) is 24.8 Å². The normalized spacial score (nSPS) is 10.7. The first-order valence-electron chi connectivity index (χ1n) is 4.07. The summed E-state index contributed by atoms with van der Waals surface area (Å²) in [5, 5.41) is 0. The zero-order chi connectivity index (χ0) is 11.3. The van der Waals surface area contributed by atoms with Gasteiger partial charge in [-0.25, -0.2) is 4.79 Å². The van der Waals surface area contributed by atoms with E-state index >= 15 is 0 Å². The molecule has 0 saturated heterocycles. The molecular formula is C9H10O5S. The lowest BCUT2D eigenvalue weighted by Crippen LogP contribution is -2.14. The smallest absolute Gasteiger partial charge is 0.437 e. The minimum Gasteiger partial charge on any atom is -0.437 e. The molecule has 82 valence electrons. The Bertz CT molecular complexity index is 423. The molecule has 0 aromatic heterocycles. The lowest BCUT2D eigenvalue weighted by molar-refractivity contribution is 0.124. The van der Waals surface area contributed by atoms with Crippen LogP contribution in [0.15, 0.2) is 30.3 Å². The van der Waals surface area contributed by atoms with E-state index in [1.807, 2.05) is 0 Å². The van der Waals surface area contributed by atoms with Gasteiger partial charge in [-0.1, -0.05) is 30.3 Å². The monoisotopic (exact) mass is 230 g/mol. The summed E-state index contributed by atoms with van der Waals surface area (Å²) in [6, 6.07) is 8.40. The maximum absolute atomic E-state index is 11.2. The summed E-state index contributed by atoms with van der Waals surface area (Å²) in [5.41, 5.74) is 0.543. The Balaban J connectivity index is 2.69. The van der Waals surface area contributed by atoms with E-state index in [4.69, 9.17) is 0 Å². The second kappa shape index (κ2) is 4.79. The maximum atomic E-state index is 11.2. The Hall–Kier alpha value is -1.56. The van der Waals surface area contributed by atoms with Crippen LogP contribution < -0.4 is 0 Å². The van der Waals surface area contributed by atoms with E-state index in [-0.39, 0.29) is 5.75 Å².